The molecule has 0 saturated carbocycles. The first-order valence-corrected chi connectivity index (χ1v) is 9.69. The number of aryl methyl sites for hydroxylation is 1. The SMILES string of the molecule is CCOC(=O)c1sc(NC(=O)[C@@H]2CC(=O)N(Cc3ccccc3)C2)cc1C. The van der Waals surface area contributed by atoms with Crippen LogP contribution in [0.15, 0.2) is 36.4 Å². The van der Waals surface area contributed by atoms with Gasteiger partial charge in [0.1, 0.15) is 4.88 Å². The molecule has 2 amide bonds. The standard InChI is InChI=1S/C20H22N2O4S/c1-3-26-20(25)18-13(2)9-16(27-18)21-19(24)15-10-17(23)22(12-15)11-14-7-5-4-6-8-14/h4-9,15H,3,10-12H2,1-2H3,(H,21,24)/t15-/m1/s1. The maximum Gasteiger partial charge on any atom is 0.348 e. The number of nitrogens with zero attached hydrogens (tertiary/aromatic N) is 1. The van der Waals surface area contributed by atoms with E-state index in [9.17, 15) is 14.4 Å². The number of hydrogen-bond acceptors (Lipinski definition) is 5. The average Bonchev–Trinajstić information content (AvgIpc) is 3.19. The fourth-order valence-electron chi connectivity index (χ4n) is 3.07. The summed E-state index contributed by atoms with van der Waals surface area (Å²) in [6.07, 6.45) is 0.202. The second-order valence-corrected chi connectivity index (χ2v) is 7.55. The Labute approximate surface area is 162 Å². The van der Waals surface area contributed by atoms with Crippen LogP contribution in [-0.4, -0.2) is 35.8 Å². The molecule has 1 N–H and O–H groups in total. The van der Waals surface area contributed by atoms with Gasteiger partial charge in [0.05, 0.1) is 17.5 Å². The van der Waals surface area contributed by atoms with Crippen LogP contribution >= 0.6 is 11.3 Å². The van der Waals surface area contributed by atoms with Crippen LogP contribution in [0.2, 0.25) is 0 Å². The molecule has 0 bridgehead atoms. The van der Waals surface area contributed by atoms with Gasteiger partial charge in [-0.3, -0.25) is 9.59 Å². The molecule has 142 valence electrons. The summed E-state index contributed by atoms with van der Waals surface area (Å²) in [5.74, 6) is -0.996. The van der Waals surface area contributed by atoms with Crippen molar-refractivity contribution >= 4 is 34.1 Å². The van der Waals surface area contributed by atoms with Crippen molar-refractivity contribution in [3.8, 4) is 0 Å². The van der Waals surface area contributed by atoms with Crippen LogP contribution in [0.5, 0.6) is 0 Å². The Bertz CT molecular complexity index is 847. The molecule has 0 radical (unpaired) electrons. The van der Waals surface area contributed by atoms with Gasteiger partial charge >= 0.3 is 5.97 Å². The van der Waals surface area contributed by atoms with E-state index in [2.05, 4.69) is 5.32 Å². The predicted molar refractivity (Wildman–Crippen MR) is 104 cm³/mol. The number of benzene rings is 1. The minimum atomic E-state index is -0.394. The molecule has 1 saturated heterocycles. The Kier molecular flexibility index (Phi) is 5.91. The molecule has 2 heterocycles. The molecular formula is C20H22N2O4S. The third-order valence-corrected chi connectivity index (χ3v) is 5.56. The van der Waals surface area contributed by atoms with Gasteiger partial charge in [-0.25, -0.2) is 4.79 Å². The Morgan fingerprint density at radius 1 is 1.30 bits per heavy atom. The topological polar surface area (TPSA) is 75.7 Å². The number of amides is 2. The number of esters is 1. The van der Waals surface area contributed by atoms with E-state index in [0.717, 1.165) is 11.1 Å². The molecule has 1 aromatic carbocycles. The zero-order valence-corrected chi connectivity index (χ0v) is 16.2. The zero-order valence-electron chi connectivity index (χ0n) is 15.4. The number of hydrogen-bond donors (Lipinski definition) is 1. The summed E-state index contributed by atoms with van der Waals surface area (Å²) in [6.45, 7) is 4.77. The second kappa shape index (κ2) is 8.35. The van der Waals surface area contributed by atoms with Gasteiger partial charge in [-0.2, -0.15) is 0 Å². The van der Waals surface area contributed by atoms with E-state index in [0.29, 0.717) is 29.6 Å². The van der Waals surface area contributed by atoms with Crippen molar-refractivity contribution in [3.63, 3.8) is 0 Å². The van der Waals surface area contributed by atoms with E-state index < -0.39 is 5.92 Å². The molecule has 27 heavy (non-hydrogen) atoms. The molecule has 6 nitrogen and oxygen atoms in total. The van der Waals surface area contributed by atoms with E-state index >= 15 is 0 Å². The number of likely N-dealkylation sites (tertiary alicyclic amines) is 1. The molecule has 1 aromatic heterocycles. The Morgan fingerprint density at radius 3 is 2.74 bits per heavy atom. The molecule has 7 heteroatoms. The number of carbonyl (C=O) groups is 3. The molecule has 3 rings (SSSR count). The highest BCUT2D eigenvalue weighted by atomic mass is 32.1. The molecule has 1 aliphatic heterocycles. The molecular weight excluding hydrogens is 364 g/mol. The van der Waals surface area contributed by atoms with Crippen LogP contribution in [0.3, 0.4) is 0 Å². The van der Waals surface area contributed by atoms with Crippen LogP contribution < -0.4 is 5.32 Å². The molecule has 0 spiro atoms. The number of thiophene rings is 1. The smallest absolute Gasteiger partial charge is 0.348 e. The summed E-state index contributed by atoms with van der Waals surface area (Å²) in [6, 6.07) is 11.5. The first kappa shape index (κ1) is 19.1. The fourth-order valence-corrected chi connectivity index (χ4v) is 4.04. The van der Waals surface area contributed by atoms with E-state index in [1.165, 1.54) is 11.3 Å². The van der Waals surface area contributed by atoms with E-state index in [1.807, 2.05) is 30.3 Å². The maximum absolute atomic E-state index is 12.6. The highest BCUT2D eigenvalue weighted by molar-refractivity contribution is 7.18. The first-order chi connectivity index (χ1) is 13.0. The molecule has 2 aromatic rings. The van der Waals surface area contributed by atoms with Crippen LogP contribution in [0.1, 0.15) is 34.1 Å². The van der Waals surface area contributed by atoms with Crippen molar-refractivity contribution in [2.24, 2.45) is 5.92 Å². The van der Waals surface area contributed by atoms with E-state index in [-0.39, 0.29) is 24.2 Å². The molecule has 0 unspecified atom stereocenters. The van der Waals surface area contributed by atoms with Crippen molar-refractivity contribution in [2.45, 2.75) is 26.8 Å². The average molecular weight is 386 g/mol. The van der Waals surface area contributed by atoms with Crippen LogP contribution in [0.4, 0.5) is 5.00 Å². The number of anilines is 1. The van der Waals surface area contributed by atoms with Crippen LogP contribution in [0, 0.1) is 12.8 Å². The van der Waals surface area contributed by atoms with Gasteiger partial charge in [0.2, 0.25) is 11.8 Å². The Morgan fingerprint density at radius 2 is 2.04 bits per heavy atom. The van der Waals surface area contributed by atoms with Crippen molar-refractivity contribution < 1.29 is 19.1 Å². The number of rotatable bonds is 6. The third kappa shape index (κ3) is 4.54. The first-order valence-electron chi connectivity index (χ1n) is 8.88. The molecule has 1 atom stereocenters. The summed E-state index contributed by atoms with van der Waals surface area (Å²) >= 11 is 1.19. The Hall–Kier alpha value is -2.67. The van der Waals surface area contributed by atoms with Gasteiger partial charge in [0.15, 0.2) is 0 Å². The second-order valence-electron chi connectivity index (χ2n) is 6.49. The number of nitrogens with one attached hydrogen (secondary N) is 1. The third-order valence-electron chi connectivity index (χ3n) is 4.43. The Balaban J connectivity index is 1.61. The zero-order chi connectivity index (χ0) is 19.4. The quantitative estimate of drug-likeness (QED) is 0.774. The van der Waals surface area contributed by atoms with Gasteiger partial charge in [-0.05, 0) is 31.0 Å². The lowest BCUT2D eigenvalue weighted by atomic mass is 10.1. The molecule has 1 aliphatic rings. The summed E-state index contributed by atoms with van der Waals surface area (Å²) in [7, 11) is 0. The van der Waals surface area contributed by atoms with Gasteiger partial charge < -0.3 is 15.0 Å². The van der Waals surface area contributed by atoms with Crippen molar-refractivity contribution in [3.05, 3.63) is 52.4 Å². The summed E-state index contributed by atoms with van der Waals surface area (Å²) < 4.78 is 5.02. The lowest BCUT2D eigenvalue weighted by Crippen LogP contribution is -2.27. The monoisotopic (exact) mass is 386 g/mol. The lowest BCUT2D eigenvalue weighted by molar-refractivity contribution is -0.128. The highest BCUT2D eigenvalue weighted by Crippen LogP contribution is 2.29. The summed E-state index contributed by atoms with van der Waals surface area (Å²) in [4.78, 5) is 38.9. The van der Waals surface area contributed by atoms with Gasteiger partial charge in [0.25, 0.3) is 0 Å². The molecule has 1 fully saturated rings. The summed E-state index contributed by atoms with van der Waals surface area (Å²) in [5.41, 5.74) is 1.81. The maximum atomic E-state index is 12.6. The number of ether oxygens (including phenoxy) is 1. The largest absolute Gasteiger partial charge is 0.462 e. The summed E-state index contributed by atoms with van der Waals surface area (Å²) in [5, 5.41) is 3.43. The van der Waals surface area contributed by atoms with Crippen molar-refractivity contribution in [2.75, 3.05) is 18.5 Å². The normalized spacial score (nSPS) is 16.4. The minimum Gasteiger partial charge on any atom is -0.462 e. The van der Waals surface area contributed by atoms with Crippen LogP contribution in [0.25, 0.3) is 0 Å². The van der Waals surface area contributed by atoms with Gasteiger partial charge in [-0.15, -0.1) is 11.3 Å². The van der Waals surface area contributed by atoms with Crippen LogP contribution in [-0.2, 0) is 20.9 Å². The van der Waals surface area contributed by atoms with Gasteiger partial charge in [0, 0.05) is 19.5 Å². The van der Waals surface area contributed by atoms with Gasteiger partial charge in [-0.1, -0.05) is 30.3 Å². The fraction of sp³-hybridized carbons (Fsp3) is 0.350. The predicted octanol–water partition coefficient (Wildman–Crippen LogP) is 3.22. The molecule has 0 aliphatic carbocycles. The van der Waals surface area contributed by atoms with Crippen molar-refractivity contribution in [1.29, 1.82) is 0 Å². The van der Waals surface area contributed by atoms with E-state index in [4.69, 9.17) is 4.74 Å². The minimum absolute atomic E-state index is 0.0198. The van der Waals surface area contributed by atoms with E-state index in [1.54, 1.807) is 24.8 Å². The highest BCUT2D eigenvalue weighted by Gasteiger charge is 2.34. The van der Waals surface area contributed by atoms with Crippen molar-refractivity contribution in [1.82, 2.24) is 4.90 Å². The lowest BCUT2D eigenvalue weighted by Gasteiger charge is -2.16. The number of carbonyl (C=O) groups excluding carboxylic acids is 3.